The third kappa shape index (κ3) is 3.72. The Bertz CT molecular complexity index is 1060. The molecule has 0 aliphatic heterocycles. The second kappa shape index (κ2) is 7.17. The molecule has 0 saturated carbocycles. The van der Waals surface area contributed by atoms with Gasteiger partial charge in [-0.1, -0.05) is 24.3 Å². The molecule has 4 aromatic rings. The number of nitrogen functional groups attached to an aromatic ring is 1. The molecule has 0 aliphatic rings. The average Bonchev–Trinajstić information content (AvgIpc) is 3.11. The summed E-state index contributed by atoms with van der Waals surface area (Å²) in [5.74, 6) is -0.219. The number of aromatic nitrogens is 3. The highest BCUT2D eigenvalue weighted by Crippen LogP contribution is 2.18. The number of nitrogens with one attached hydrogen (secondary N) is 2. The molecule has 2 heterocycles. The number of rotatable bonds is 5. The number of carbonyl (C=O) groups is 1. The van der Waals surface area contributed by atoms with Crippen molar-refractivity contribution in [3.8, 4) is 6.01 Å². The van der Waals surface area contributed by atoms with Crippen LogP contribution >= 0.6 is 0 Å². The Labute approximate surface area is 155 Å². The number of ether oxygens (including phenoxy) is 1. The summed E-state index contributed by atoms with van der Waals surface area (Å²) >= 11 is 0. The van der Waals surface area contributed by atoms with Crippen molar-refractivity contribution in [1.29, 1.82) is 0 Å². The van der Waals surface area contributed by atoms with Crippen LogP contribution in [0.5, 0.6) is 6.01 Å². The number of para-hydroxylation sites is 2. The van der Waals surface area contributed by atoms with E-state index < -0.39 is 0 Å². The number of benzene rings is 2. The van der Waals surface area contributed by atoms with Gasteiger partial charge in [-0.3, -0.25) is 4.79 Å². The maximum Gasteiger partial charge on any atom is 0.296 e. The summed E-state index contributed by atoms with van der Waals surface area (Å²) in [7, 11) is 0. The molecule has 2 aromatic carbocycles. The standard InChI is InChI=1S/C20H17N5O2/c21-15-4-1-2-5-16(15)23-19(26)14-9-7-13(8-10-14)12-27-20-24-17-6-3-11-22-18(17)25-20/h1-11H,12,21H2,(H,23,26)(H,22,24,25). The van der Waals surface area contributed by atoms with Gasteiger partial charge in [-0.25, -0.2) is 4.98 Å². The Morgan fingerprint density at radius 3 is 2.67 bits per heavy atom. The van der Waals surface area contributed by atoms with Gasteiger partial charge in [0.05, 0.1) is 16.9 Å². The molecule has 0 spiro atoms. The molecular formula is C20H17N5O2. The summed E-state index contributed by atoms with van der Waals surface area (Å²) in [4.78, 5) is 23.8. The Hall–Kier alpha value is -3.87. The zero-order chi connectivity index (χ0) is 18.6. The van der Waals surface area contributed by atoms with Crippen molar-refractivity contribution < 1.29 is 9.53 Å². The molecule has 1 amide bonds. The van der Waals surface area contributed by atoms with E-state index in [0.717, 1.165) is 11.1 Å². The van der Waals surface area contributed by atoms with Crippen LogP contribution in [-0.4, -0.2) is 20.9 Å². The van der Waals surface area contributed by atoms with Gasteiger partial charge in [-0.05, 0) is 42.0 Å². The second-order valence-corrected chi connectivity index (χ2v) is 5.94. The van der Waals surface area contributed by atoms with Gasteiger partial charge in [0.25, 0.3) is 11.9 Å². The minimum atomic E-state index is -0.219. The highest BCUT2D eigenvalue weighted by Gasteiger charge is 2.09. The van der Waals surface area contributed by atoms with E-state index in [-0.39, 0.29) is 5.91 Å². The maximum atomic E-state index is 12.3. The summed E-state index contributed by atoms with van der Waals surface area (Å²) in [5.41, 5.74) is 9.85. The van der Waals surface area contributed by atoms with Crippen LogP contribution in [0.25, 0.3) is 11.2 Å². The van der Waals surface area contributed by atoms with Gasteiger partial charge in [0, 0.05) is 11.8 Å². The largest absolute Gasteiger partial charge is 0.460 e. The predicted octanol–water partition coefficient (Wildman–Crippen LogP) is 3.37. The van der Waals surface area contributed by atoms with E-state index >= 15 is 0 Å². The van der Waals surface area contributed by atoms with Gasteiger partial charge in [-0.15, -0.1) is 0 Å². The fraction of sp³-hybridized carbons (Fsp3) is 0.0500. The lowest BCUT2D eigenvalue weighted by atomic mass is 10.1. The number of pyridine rings is 1. The van der Waals surface area contributed by atoms with E-state index in [1.54, 1.807) is 30.5 Å². The molecule has 0 unspecified atom stereocenters. The fourth-order valence-corrected chi connectivity index (χ4v) is 2.60. The number of hydrogen-bond donors (Lipinski definition) is 3. The zero-order valence-electron chi connectivity index (χ0n) is 14.3. The molecule has 4 N–H and O–H groups in total. The minimum absolute atomic E-state index is 0.219. The first-order chi connectivity index (χ1) is 13.2. The lowest BCUT2D eigenvalue weighted by Gasteiger charge is -2.08. The Kier molecular flexibility index (Phi) is 4.40. The summed E-state index contributed by atoms with van der Waals surface area (Å²) in [6.45, 7) is 0.327. The van der Waals surface area contributed by atoms with Crippen LogP contribution in [0.15, 0.2) is 66.9 Å². The molecule has 0 aliphatic carbocycles. The van der Waals surface area contributed by atoms with E-state index in [1.165, 1.54) is 0 Å². The van der Waals surface area contributed by atoms with Gasteiger partial charge >= 0.3 is 0 Å². The Morgan fingerprint density at radius 1 is 1.07 bits per heavy atom. The first-order valence-corrected chi connectivity index (χ1v) is 8.37. The molecule has 0 atom stereocenters. The molecule has 134 valence electrons. The van der Waals surface area contributed by atoms with Crippen LogP contribution < -0.4 is 15.8 Å². The van der Waals surface area contributed by atoms with E-state index in [2.05, 4.69) is 20.3 Å². The van der Waals surface area contributed by atoms with Crippen molar-refractivity contribution in [3.63, 3.8) is 0 Å². The smallest absolute Gasteiger partial charge is 0.296 e. The topological polar surface area (TPSA) is 106 Å². The van der Waals surface area contributed by atoms with Gasteiger partial charge in [-0.2, -0.15) is 4.98 Å². The lowest BCUT2D eigenvalue weighted by molar-refractivity contribution is 0.102. The van der Waals surface area contributed by atoms with Crippen molar-refractivity contribution in [2.45, 2.75) is 6.61 Å². The molecule has 7 heteroatoms. The van der Waals surface area contributed by atoms with Gasteiger partial charge in [0.2, 0.25) is 0 Å². The lowest BCUT2D eigenvalue weighted by Crippen LogP contribution is -2.13. The number of amides is 1. The molecule has 4 rings (SSSR count). The number of imidazole rings is 1. The van der Waals surface area contributed by atoms with Gasteiger partial charge in [0.1, 0.15) is 6.61 Å². The molecule has 0 radical (unpaired) electrons. The first kappa shape index (κ1) is 16.6. The number of fused-ring (bicyclic) bond motifs is 1. The summed E-state index contributed by atoms with van der Waals surface area (Å²) in [6.07, 6.45) is 1.68. The number of nitrogens with zero attached hydrogens (tertiary/aromatic N) is 2. The third-order valence-electron chi connectivity index (χ3n) is 4.04. The quantitative estimate of drug-likeness (QED) is 0.474. The number of carbonyl (C=O) groups excluding carboxylic acids is 1. The molecule has 0 fully saturated rings. The number of nitrogens with two attached hydrogens (primary N) is 1. The Morgan fingerprint density at radius 2 is 1.89 bits per heavy atom. The van der Waals surface area contributed by atoms with Gasteiger partial charge < -0.3 is 20.8 Å². The SMILES string of the molecule is Nc1ccccc1NC(=O)c1ccc(COc2nc3ncccc3[nH]2)cc1. The molecule has 7 nitrogen and oxygen atoms in total. The van der Waals surface area contributed by atoms with Crippen molar-refractivity contribution in [3.05, 3.63) is 78.0 Å². The van der Waals surface area contributed by atoms with E-state index in [0.29, 0.717) is 35.2 Å². The summed E-state index contributed by atoms with van der Waals surface area (Å²) in [6, 6.07) is 18.4. The van der Waals surface area contributed by atoms with E-state index in [1.807, 2.05) is 36.4 Å². The van der Waals surface area contributed by atoms with Crippen molar-refractivity contribution in [2.75, 3.05) is 11.1 Å². The van der Waals surface area contributed by atoms with E-state index in [4.69, 9.17) is 10.5 Å². The monoisotopic (exact) mass is 359 g/mol. The van der Waals surface area contributed by atoms with E-state index in [9.17, 15) is 4.79 Å². The van der Waals surface area contributed by atoms with Crippen LogP contribution in [-0.2, 0) is 6.61 Å². The van der Waals surface area contributed by atoms with Crippen molar-refractivity contribution in [1.82, 2.24) is 15.0 Å². The second-order valence-electron chi connectivity index (χ2n) is 5.94. The molecule has 2 aromatic heterocycles. The Balaban J connectivity index is 1.39. The van der Waals surface area contributed by atoms with Crippen LogP contribution in [0.1, 0.15) is 15.9 Å². The minimum Gasteiger partial charge on any atom is -0.460 e. The average molecular weight is 359 g/mol. The summed E-state index contributed by atoms with van der Waals surface area (Å²) < 4.78 is 5.67. The summed E-state index contributed by atoms with van der Waals surface area (Å²) in [5, 5.41) is 2.80. The highest BCUT2D eigenvalue weighted by atomic mass is 16.5. The first-order valence-electron chi connectivity index (χ1n) is 8.37. The number of H-pyrrole nitrogens is 1. The van der Waals surface area contributed by atoms with Crippen molar-refractivity contribution in [2.24, 2.45) is 0 Å². The number of hydrogen-bond acceptors (Lipinski definition) is 5. The normalized spacial score (nSPS) is 10.7. The van der Waals surface area contributed by atoms with Crippen molar-refractivity contribution >= 4 is 28.4 Å². The molecule has 27 heavy (non-hydrogen) atoms. The number of anilines is 2. The predicted molar refractivity (Wildman–Crippen MR) is 103 cm³/mol. The third-order valence-corrected chi connectivity index (χ3v) is 4.04. The molecule has 0 saturated heterocycles. The fourth-order valence-electron chi connectivity index (χ4n) is 2.60. The van der Waals surface area contributed by atoms with Crippen LogP contribution in [0.2, 0.25) is 0 Å². The highest BCUT2D eigenvalue weighted by molar-refractivity contribution is 6.05. The molecule has 0 bridgehead atoms. The maximum absolute atomic E-state index is 12.3. The van der Waals surface area contributed by atoms with Crippen LogP contribution in [0.3, 0.4) is 0 Å². The number of aromatic amines is 1. The van der Waals surface area contributed by atoms with Crippen LogP contribution in [0.4, 0.5) is 11.4 Å². The van der Waals surface area contributed by atoms with Crippen LogP contribution in [0, 0.1) is 0 Å². The zero-order valence-corrected chi connectivity index (χ0v) is 14.3. The molecular weight excluding hydrogens is 342 g/mol. The van der Waals surface area contributed by atoms with Gasteiger partial charge in [0.15, 0.2) is 5.65 Å².